The third-order valence-corrected chi connectivity index (χ3v) is 4.16. The van der Waals surface area contributed by atoms with Crippen molar-refractivity contribution in [1.82, 2.24) is 0 Å². The van der Waals surface area contributed by atoms with Crippen molar-refractivity contribution < 1.29 is 5.11 Å². The quantitative estimate of drug-likeness (QED) is 0.867. The summed E-state index contributed by atoms with van der Waals surface area (Å²) in [5.41, 5.74) is 5.67. The summed E-state index contributed by atoms with van der Waals surface area (Å²) in [5, 5.41) is 10.6. The Kier molecular flexibility index (Phi) is 4.50. The molecule has 22 heavy (non-hydrogen) atoms. The van der Waals surface area contributed by atoms with Crippen LogP contribution >= 0.6 is 0 Å². The minimum Gasteiger partial charge on any atom is -0.507 e. The van der Waals surface area contributed by atoms with Crippen LogP contribution in [-0.2, 0) is 12.0 Å². The fourth-order valence-corrected chi connectivity index (χ4v) is 3.07. The third-order valence-electron chi connectivity index (χ3n) is 4.16. The van der Waals surface area contributed by atoms with Crippen LogP contribution in [-0.4, -0.2) is 12.2 Å². The molecule has 0 heterocycles. The molecular formula is C20H27NO. The van der Waals surface area contributed by atoms with Gasteiger partial charge in [-0.15, -0.1) is 0 Å². The highest BCUT2D eigenvalue weighted by Crippen LogP contribution is 2.34. The van der Waals surface area contributed by atoms with Crippen LogP contribution in [0.25, 0.3) is 0 Å². The van der Waals surface area contributed by atoms with E-state index in [0.717, 1.165) is 11.1 Å². The number of nitrogens with zero attached hydrogens (tertiary/aromatic N) is 1. The van der Waals surface area contributed by atoms with E-state index in [1.807, 2.05) is 18.2 Å². The Labute approximate surface area is 134 Å². The molecule has 2 rings (SSSR count). The zero-order valence-electron chi connectivity index (χ0n) is 14.6. The van der Waals surface area contributed by atoms with Gasteiger partial charge in [0.05, 0.1) is 0 Å². The highest BCUT2D eigenvalue weighted by atomic mass is 16.3. The van der Waals surface area contributed by atoms with E-state index in [1.54, 1.807) is 0 Å². The molecule has 0 unspecified atom stereocenters. The molecule has 0 aromatic heterocycles. The van der Waals surface area contributed by atoms with E-state index in [0.29, 0.717) is 12.3 Å². The van der Waals surface area contributed by atoms with Crippen LogP contribution in [0.15, 0.2) is 36.4 Å². The van der Waals surface area contributed by atoms with Gasteiger partial charge in [0.2, 0.25) is 0 Å². The molecule has 0 aliphatic rings. The number of phenols is 1. The molecule has 0 fully saturated rings. The van der Waals surface area contributed by atoms with Crippen molar-refractivity contribution in [2.75, 3.05) is 11.9 Å². The molecule has 0 spiro atoms. The monoisotopic (exact) mass is 297 g/mol. The molecule has 1 N–H and O–H groups in total. The zero-order valence-corrected chi connectivity index (χ0v) is 14.6. The average molecular weight is 297 g/mol. The van der Waals surface area contributed by atoms with E-state index in [-0.39, 0.29) is 5.41 Å². The lowest BCUT2D eigenvalue weighted by atomic mass is 9.85. The molecule has 0 atom stereocenters. The van der Waals surface area contributed by atoms with Crippen LogP contribution in [0.1, 0.15) is 43.0 Å². The molecule has 118 valence electrons. The van der Waals surface area contributed by atoms with Gasteiger partial charge in [-0.1, -0.05) is 57.2 Å². The van der Waals surface area contributed by atoms with Crippen LogP contribution in [0.5, 0.6) is 5.75 Å². The highest BCUT2D eigenvalue weighted by Gasteiger charge is 2.20. The second kappa shape index (κ2) is 6.04. The number of benzene rings is 2. The fraction of sp³-hybridized carbons (Fsp3) is 0.400. The topological polar surface area (TPSA) is 23.5 Å². The van der Waals surface area contributed by atoms with E-state index in [1.165, 1.54) is 16.8 Å². The first-order valence-electron chi connectivity index (χ1n) is 7.80. The summed E-state index contributed by atoms with van der Waals surface area (Å²) in [6, 6.07) is 12.4. The Morgan fingerprint density at radius 1 is 0.955 bits per heavy atom. The number of aromatic hydroxyl groups is 1. The SMILES string of the molecule is Cc1cccc(C)c1N(C)Cc1cccc(C(C)(C)C)c1O. The maximum absolute atomic E-state index is 10.6. The molecule has 0 saturated carbocycles. The lowest BCUT2D eigenvalue weighted by Gasteiger charge is -2.26. The summed E-state index contributed by atoms with van der Waals surface area (Å²) in [7, 11) is 2.08. The molecule has 0 saturated heterocycles. The van der Waals surface area contributed by atoms with Gasteiger partial charge in [-0.3, -0.25) is 0 Å². The van der Waals surface area contributed by atoms with E-state index in [4.69, 9.17) is 0 Å². The average Bonchev–Trinajstić information content (AvgIpc) is 2.39. The van der Waals surface area contributed by atoms with Crippen molar-refractivity contribution in [3.05, 3.63) is 58.7 Å². The smallest absolute Gasteiger partial charge is 0.124 e. The lowest BCUT2D eigenvalue weighted by Crippen LogP contribution is -2.19. The number of para-hydroxylation sites is 2. The molecular weight excluding hydrogens is 270 g/mol. The minimum atomic E-state index is -0.0583. The summed E-state index contributed by atoms with van der Waals surface area (Å²) in [4.78, 5) is 2.21. The van der Waals surface area contributed by atoms with Gasteiger partial charge in [0.1, 0.15) is 5.75 Å². The summed E-state index contributed by atoms with van der Waals surface area (Å²) in [5.74, 6) is 0.424. The molecule has 2 heteroatoms. The third kappa shape index (κ3) is 3.27. The largest absolute Gasteiger partial charge is 0.507 e. The van der Waals surface area contributed by atoms with E-state index in [9.17, 15) is 5.11 Å². The molecule has 0 amide bonds. The number of hydrogen-bond donors (Lipinski definition) is 1. The summed E-state index contributed by atoms with van der Waals surface area (Å²) >= 11 is 0. The van der Waals surface area contributed by atoms with E-state index < -0.39 is 0 Å². The summed E-state index contributed by atoms with van der Waals surface area (Å²) < 4.78 is 0. The van der Waals surface area contributed by atoms with Crippen LogP contribution in [0.4, 0.5) is 5.69 Å². The van der Waals surface area contributed by atoms with Crippen molar-refractivity contribution in [3.8, 4) is 5.75 Å². The number of anilines is 1. The van der Waals surface area contributed by atoms with Crippen molar-refractivity contribution in [1.29, 1.82) is 0 Å². The van der Waals surface area contributed by atoms with Crippen molar-refractivity contribution in [2.24, 2.45) is 0 Å². The minimum absolute atomic E-state index is 0.0583. The Morgan fingerprint density at radius 3 is 2.05 bits per heavy atom. The van der Waals surface area contributed by atoms with Gasteiger partial charge in [0.15, 0.2) is 0 Å². The van der Waals surface area contributed by atoms with Crippen LogP contribution in [0.3, 0.4) is 0 Å². The maximum atomic E-state index is 10.6. The van der Waals surface area contributed by atoms with Crippen LogP contribution in [0, 0.1) is 13.8 Å². The lowest BCUT2D eigenvalue weighted by molar-refractivity contribution is 0.440. The van der Waals surface area contributed by atoms with E-state index in [2.05, 4.69) is 64.8 Å². The summed E-state index contributed by atoms with van der Waals surface area (Å²) in [6.45, 7) is 11.3. The maximum Gasteiger partial charge on any atom is 0.124 e. The molecule has 0 aliphatic heterocycles. The predicted octanol–water partition coefficient (Wildman–Crippen LogP) is 4.94. The standard InChI is InChI=1S/C20H27NO/c1-14-9-7-10-15(2)18(14)21(6)13-16-11-8-12-17(19(16)22)20(3,4)5/h7-12,22H,13H2,1-6H3. The van der Waals surface area contributed by atoms with Crippen LogP contribution < -0.4 is 4.90 Å². The Bertz CT molecular complexity index is 648. The van der Waals surface area contributed by atoms with Gasteiger partial charge in [0, 0.05) is 24.8 Å². The van der Waals surface area contributed by atoms with Gasteiger partial charge in [-0.2, -0.15) is 0 Å². The van der Waals surface area contributed by atoms with Gasteiger partial charge in [0.25, 0.3) is 0 Å². The Balaban J connectivity index is 2.36. The number of hydrogen-bond acceptors (Lipinski definition) is 2. The Morgan fingerprint density at radius 2 is 1.50 bits per heavy atom. The molecule has 0 radical (unpaired) electrons. The van der Waals surface area contributed by atoms with Crippen molar-refractivity contribution in [2.45, 2.75) is 46.6 Å². The second-order valence-electron chi connectivity index (χ2n) is 7.16. The molecule has 0 bridgehead atoms. The Hall–Kier alpha value is -1.96. The number of aryl methyl sites for hydroxylation is 2. The highest BCUT2D eigenvalue weighted by molar-refractivity contribution is 5.59. The molecule has 0 aliphatic carbocycles. The van der Waals surface area contributed by atoms with E-state index >= 15 is 0 Å². The molecule has 2 aromatic rings. The molecule has 2 aromatic carbocycles. The number of phenolic OH excluding ortho intramolecular Hbond substituents is 1. The van der Waals surface area contributed by atoms with Gasteiger partial charge in [-0.25, -0.2) is 0 Å². The van der Waals surface area contributed by atoms with Gasteiger partial charge < -0.3 is 10.0 Å². The van der Waals surface area contributed by atoms with Gasteiger partial charge >= 0.3 is 0 Å². The number of rotatable bonds is 3. The van der Waals surface area contributed by atoms with Crippen molar-refractivity contribution >= 4 is 5.69 Å². The summed E-state index contributed by atoms with van der Waals surface area (Å²) in [6.07, 6.45) is 0. The molecule has 2 nitrogen and oxygen atoms in total. The first kappa shape index (κ1) is 16.4. The van der Waals surface area contributed by atoms with Crippen LogP contribution in [0.2, 0.25) is 0 Å². The predicted molar refractivity (Wildman–Crippen MR) is 94.8 cm³/mol. The van der Waals surface area contributed by atoms with Gasteiger partial charge in [-0.05, 0) is 36.0 Å². The normalized spacial score (nSPS) is 11.5. The zero-order chi connectivity index (χ0) is 16.5. The van der Waals surface area contributed by atoms with Crippen molar-refractivity contribution in [3.63, 3.8) is 0 Å². The second-order valence-corrected chi connectivity index (χ2v) is 7.16. The first-order valence-corrected chi connectivity index (χ1v) is 7.80. The first-order chi connectivity index (χ1) is 10.2. The fourth-order valence-electron chi connectivity index (χ4n) is 3.07.